The lowest BCUT2D eigenvalue weighted by atomic mass is 9.96. The predicted molar refractivity (Wildman–Crippen MR) is 97.4 cm³/mol. The maximum atomic E-state index is 11.0. The Hall–Kier alpha value is -2.53. The summed E-state index contributed by atoms with van der Waals surface area (Å²) in [6.07, 6.45) is 1.38. The molecule has 136 valence electrons. The molecular weight excluding hydrogens is 330 g/mol. The molecule has 5 nitrogen and oxygen atoms in total. The monoisotopic (exact) mass is 353 g/mol. The molecular formula is C21H23NO4. The van der Waals surface area contributed by atoms with Gasteiger partial charge in [-0.2, -0.15) is 0 Å². The summed E-state index contributed by atoms with van der Waals surface area (Å²) < 4.78 is 11.8. The molecule has 5 heteroatoms. The van der Waals surface area contributed by atoms with Gasteiger partial charge < -0.3 is 14.6 Å². The van der Waals surface area contributed by atoms with Gasteiger partial charge in [-0.25, -0.2) is 0 Å². The Bertz CT molecular complexity index is 766. The smallest absolute Gasteiger partial charge is 0.306 e. The van der Waals surface area contributed by atoms with E-state index < -0.39 is 5.97 Å². The second-order valence-electron chi connectivity index (χ2n) is 6.99. The molecule has 0 saturated carbocycles. The lowest BCUT2D eigenvalue weighted by Crippen LogP contribution is -2.35. The molecule has 1 atom stereocenters. The third-order valence-electron chi connectivity index (χ3n) is 5.20. The van der Waals surface area contributed by atoms with Gasteiger partial charge >= 0.3 is 5.97 Å². The van der Waals surface area contributed by atoms with E-state index in [1.807, 2.05) is 24.3 Å². The highest BCUT2D eigenvalue weighted by atomic mass is 16.6. The largest absolute Gasteiger partial charge is 0.485 e. The van der Waals surface area contributed by atoms with Crippen molar-refractivity contribution < 1.29 is 19.4 Å². The minimum Gasteiger partial charge on any atom is -0.485 e. The number of benzene rings is 2. The summed E-state index contributed by atoms with van der Waals surface area (Å²) >= 11 is 0. The topological polar surface area (TPSA) is 59.0 Å². The van der Waals surface area contributed by atoms with Crippen molar-refractivity contribution in [1.82, 2.24) is 4.90 Å². The van der Waals surface area contributed by atoms with Gasteiger partial charge in [0.25, 0.3) is 0 Å². The Kier molecular flexibility index (Phi) is 4.80. The molecule has 4 rings (SSSR count). The first-order chi connectivity index (χ1) is 12.7. The van der Waals surface area contributed by atoms with Crippen molar-refractivity contribution in [1.29, 1.82) is 0 Å². The molecule has 0 radical (unpaired) electrons. The highest BCUT2D eigenvalue weighted by molar-refractivity contribution is 5.70. The lowest BCUT2D eigenvalue weighted by molar-refractivity contribution is -0.143. The number of aliphatic carboxylic acids is 1. The number of carbonyl (C=O) groups is 1. The molecule has 2 aromatic carbocycles. The molecule has 0 bridgehead atoms. The Morgan fingerprint density at radius 3 is 2.42 bits per heavy atom. The van der Waals surface area contributed by atoms with Crippen molar-refractivity contribution in [2.45, 2.75) is 25.5 Å². The number of ether oxygens (including phenoxy) is 2. The number of hydrogen-bond donors (Lipinski definition) is 1. The third kappa shape index (κ3) is 3.68. The van der Waals surface area contributed by atoms with E-state index in [1.165, 1.54) is 5.56 Å². The van der Waals surface area contributed by atoms with Crippen molar-refractivity contribution in [3.8, 4) is 11.5 Å². The zero-order valence-corrected chi connectivity index (χ0v) is 14.6. The van der Waals surface area contributed by atoms with Crippen LogP contribution in [0.15, 0.2) is 48.5 Å². The summed E-state index contributed by atoms with van der Waals surface area (Å²) in [5.41, 5.74) is 2.34. The summed E-state index contributed by atoms with van der Waals surface area (Å²) in [5.74, 6) is 0.740. The van der Waals surface area contributed by atoms with Crippen LogP contribution in [0.5, 0.6) is 11.5 Å². The molecule has 0 spiro atoms. The van der Waals surface area contributed by atoms with Gasteiger partial charge in [-0.3, -0.25) is 9.69 Å². The first kappa shape index (κ1) is 16.9. The van der Waals surface area contributed by atoms with Gasteiger partial charge in [0.2, 0.25) is 0 Å². The fourth-order valence-electron chi connectivity index (χ4n) is 3.62. The van der Waals surface area contributed by atoms with Crippen LogP contribution in [0.25, 0.3) is 0 Å². The average molecular weight is 353 g/mol. The minimum absolute atomic E-state index is 0.0924. The van der Waals surface area contributed by atoms with Crippen LogP contribution in [0.1, 0.15) is 30.1 Å². The molecule has 1 fully saturated rings. The molecule has 2 aromatic rings. The highest BCUT2D eigenvalue weighted by Crippen LogP contribution is 2.35. The molecule has 1 N–H and O–H groups in total. The molecule has 0 unspecified atom stereocenters. The van der Waals surface area contributed by atoms with Crippen LogP contribution in [-0.4, -0.2) is 35.7 Å². The summed E-state index contributed by atoms with van der Waals surface area (Å²) in [6, 6.07) is 16.2. The van der Waals surface area contributed by atoms with Gasteiger partial charge in [0.1, 0.15) is 6.61 Å². The maximum absolute atomic E-state index is 11.0. The summed E-state index contributed by atoms with van der Waals surface area (Å²) in [5, 5.41) is 9.09. The molecule has 2 heterocycles. The standard InChI is InChI=1S/C21H23NO4/c23-21(24)17-9-11-22(12-10-17)13-15-5-7-16(8-6-15)20-14-25-18-3-1-2-4-19(18)26-20/h1-8,17,20H,9-14H2,(H,23,24)/t20-/m0/s1. The van der Waals surface area contributed by atoms with E-state index in [1.54, 1.807) is 0 Å². The number of para-hydroxylation sites is 2. The van der Waals surface area contributed by atoms with Gasteiger partial charge in [0.05, 0.1) is 5.92 Å². The number of fused-ring (bicyclic) bond motifs is 1. The normalized spacial score (nSPS) is 20.7. The van der Waals surface area contributed by atoms with Gasteiger partial charge in [0.15, 0.2) is 17.6 Å². The van der Waals surface area contributed by atoms with Gasteiger partial charge in [-0.1, -0.05) is 36.4 Å². The Morgan fingerprint density at radius 2 is 1.73 bits per heavy atom. The van der Waals surface area contributed by atoms with E-state index >= 15 is 0 Å². The summed E-state index contributed by atoms with van der Waals surface area (Å²) in [7, 11) is 0. The number of hydrogen-bond acceptors (Lipinski definition) is 4. The third-order valence-corrected chi connectivity index (χ3v) is 5.20. The number of likely N-dealkylation sites (tertiary alicyclic amines) is 1. The van der Waals surface area contributed by atoms with Crippen LogP contribution in [-0.2, 0) is 11.3 Å². The second kappa shape index (κ2) is 7.38. The maximum Gasteiger partial charge on any atom is 0.306 e. The molecule has 2 aliphatic rings. The molecule has 1 saturated heterocycles. The lowest BCUT2D eigenvalue weighted by Gasteiger charge is -2.30. The molecule has 26 heavy (non-hydrogen) atoms. The van der Waals surface area contributed by atoms with E-state index in [0.29, 0.717) is 6.61 Å². The van der Waals surface area contributed by atoms with Crippen LogP contribution in [0.2, 0.25) is 0 Å². The fraction of sp³-hybridized carbons (Fsp3) is 0.381. The van der Waals surface area contributed by atoms with E-state index in [2.05, 4.69) is 29.2 Å². The van der Waals surface area contributed by atoms with Crippen molar-refractivity contribution >= 4 is 5.97 Å². The molecule has 2 aliphatic heterocycles. The first-order valence-corrected chi connectivity index (χ1v) is 9.11. The summed E-state index contributed by atoms with van der Waals surface area (Å²) in [4.78, 5) is 13.4. The second-order valence-corrected chi connectivity index (χ2v) is 6.99. The van der Waals surface area contributed by atoms with Gasteiger partial charge in [-0.15, -0.1) is 0 Å². The van der Waals surface area contributed by atoms with E-state index in [0.717, 1.165) is 49.5 Å². The first-order valence-electron chi connectivity index (χ1n) is 9.11. The number of nitrogens with zero attached hydrogens (tertiary/aromatic N) is 1. The Labute approximate surface area is 153 Å². The Balaban J connectivity index is 1.35. The quantitative estimate of drug-likeness (QED) is 0.912. The van der Waals surface area contributed by atoms with Crippen LogP contribution in [0.3, 0.4) is 0 Å². The van der Waals surface area contributed by atoms with E-state index in [-0.39, 0.29) is 12.0 Å². The predicted octanol–water partition coefficient (Wildman–Crippen LogP) is 3.50. The van der Waals surface area contributed by atoms with Crippen LogP contribution in [0, 0.1) is 5.92 Å². The van der Waals surface area contributed by atoms with Crippen LogP contribution in [0.4, 0.5) is 0 Å². The van der Waals surface area contributed by atoms with Gasteiger partial charge in [0, 0.05) is 6.54 Å². The molecule has 0 aromatic heterocycles. The number of rotatable bonds is 4. The number of carboxylic acids is 1. The van der Waals surface area contributed by atoms with Crippen molar-refractivity contribution in [3.63, 3.8) is 0 Å². The minimum atomic E-state index is -0.662. The zero-order valence-electron chi connectivity index (χ0n) is 14.6. The summed E-state index contributed by atoms with van der Waals surface area (Å²) in [6.45, 7) is 3.06. The fourth-order valence-corrected chi connectivity index (χ4v) is 3.62. The van der Waals surface area contributed by atoms with Crippen molar-refractivity contribution in [2.75, 3.05) is 19.7 Å². The van der Waals surface area contributed by atoms with Crippen LogP contribution < -0.4 is 9.47 Å². The van der Waals surface area contributed by atoms with Crippen molar-refractivity contribution in [2.24, 2.45) is 5.92 Å². The van der Waals surface area contributed by atoms with Gasteiger partial charge in [-0.05, 0) is 49.2 Å². The van der Waals surface area contributed by atoms with Crippen molar-refractivity contribution in [3.05, 3.63) is 59.7 Å². The average Bonchev–Trinajstić information content (AvgIpc) is 2.68. The SMILES string of the molecule is O=C(O)C1CCN(Cc2ccc([C@@H]3COc4ccccc4O3)cc2)CC1. The van der Waals surface area contributed by atoms with E-state index in [9.17, 15) is 4.79 Å². The highest BCUT2D eigenvalue weighted by Gasteiger charge is 2.25. The van der Waals surface area contributed by atoms with E-state index in [4.69, 9.17) is 14.6 Å². The number of carboxylic acid groups (broad SMARTS) is 1. The Morgan fingerprint density at radius 1 is 1.04 bits per heavy atom. The molecule has 0 aliphatic carbocycles. The number of piperidine rings is 1. The van der Waals surface area contributed by atoms with Crippen LogP contribution >= 0.6 is 0 Å². The zero-order chi connectivity index (χ0) is 17.9. The molecule has 0 amide bonds.